The molecular formula is C14H10BrFN4O. The largest absolute Gasteiger partial charge is 0.420 e. The SMILES string of the molecule is Cc1[nH]nc2c1[C@H](c1ccc(Br)cc1F)C(C#N)=C(N)O2. The van der Waals surface area contributed by atoms with Gasteiger partial charge in [-0.2, -0.15) is 5.26 Å². The summed E-state index contributed by atoms with van der Waals surface area (Å²) >= 11 is 3.22. The molecule has 3 rings (SSSR count). The van der Waals surface area contributed by atoms with Gasteiger partial charge in [0.2, 0.25) is 11.8 Å². The zero-order valence-electron chi connectivity index (χ0n) is 10.9. The molecule has 0 spiro atoms. The van der Waals surface area contributed by atoms with Gasteiger partial charge in [-0.15, -0.1) is 5.10 Å². The molecule has 0 unspecified atom stereocenters. The third-order valence-corrected chi connectivity index (χ3v) is 3.90. The van der Waals surface area contributed by atoms with Crippen LogP contribution in [0.1, 0.15) is 22.7 Å². The highest BCUT2D eigenvalue weighted by atomic mass is 79.9. The van der Waals surface area contributed by atoms with Crippen LogP contribution in [-0.4, -0.2) is 10.2 Å². The number of nitrogens with two attached hydrogens (primary N) is 1. The number of aryl methyl sites for hydroxylation is 1. The number of H-pyrrole nitrogens is 1. The Bertz CT molecular complexity index is 806. The minimum Gasteiger partial charge on any atom is -0.420 e. The third kappa shape index (κ3) is 2.08. The molecule has 1 aliphatic heterocycles. The molecule has 1 atom stereocenters. The van der Waals surface area contributed by atoms with E-state index in [4.69, 9.17) is 10.5 Å². The fraction of sp³-hybridized carbons (Fsp3) is 0.143. The molecule has 0 fully saturated rings. The summed E-state index contributed by atoms with van der Waals surface area (Å²) in [5, 5.41) is 16.1. The van der Waals surface area contributed by atoms with Crippen LogP contribution in [0.15, 0.2) is 34.1 Å². The van der Waals surface area contributed by atoms with Crippen LogP contribution in [0.25, 0.3) is 0 Å². The Kier molecular flexibility index (Phi) is 3.18. The van der Waals surface area contributed by atoms with Gasteiger partial charge in [0.1, 0.15) is 17.5 Å². The minimum absolute atomic E-state index is 0.0520. The Labute approximate surface area is 128 Å². The predicted octanol–water partition coefficient (Wildman–Crippen LogP) is 2.84. The quantitative estimate of drug-likeness (QED) is 0.829. The molecule has 3 N–H and O–H groups in total. The molecule has 5 nitrogen and oxygen atoms in total. The highest BCUT2D eigenvalue weighted by Gasteiger charge is 2.35. The van der Waals surface area contributed by atoms with Gasteiger partial charge in [0, 0.05) is 21.3 Å². The van der Waals surface area contributed by atoms with Gasteiger partial charge in [-0.1, -0.05) is 22.0 Å². The van der Waals surface area contributed by atoms with Crippen molar-refractivity contribution in [2.75, 3.05) is 0 Å². The monoisotopic (exact) mass is 348 g/mol. The number of halogens is 2. The van der Waals surface area contributed by atoms with Crippen molar-refractivity contribution in [2.24, 2.45) is 5.73 Å². The summed E-state index contributed by atoms with van der Waals surface area (Å²) in [7, 11) is 0. The van der Waals surface area contributed by atoms with E-state index in [0.29, 0.717) is 21.3 Å². The maximum Gasteiger partial charge on any atom is 0.244 e. The maximum absolute atomic E-state index is 14.3. The number of nitrogens with one attached hydrogen (secondary N) is 1. The van der Waals surface area contributed by atoms with Crippen molar-refractivity contribution in [1.82, 2.24) is 10.2 Å². The lowest BCUT2D eigenvalue weighted by Gasteiger charge is -2.23. The van der Waals surface area contributed by atoms with Gasteiger partial charge in [-0.05, 0) is 19.1 Å². The van der Waals surface area contributed by atoms with Gasteiger partial charge in [0.05, 0.1) is 5.92 Å². The summed E-state index contributed by atoms with van der Waals surface area (Å²) in [4.78, 5) is 0. The number of aromatic amines is 1. The lowest BCUT2D eigenvalue weighted by atomic mass is 9.84. The number of benzene rings is 1. The number of fused-ring (bicyclic) bond motifs is 1. The normalized spacial score (nSPS) is 17.1. The molecule has 0 saturated heterocycles. The Morgan fingerprint density at radius 2 is 2.29 bits per heavy atom. The van der Waals surface area contributed by atoms with Crippen LogP contribution in [0.3, 0.4) is 0 Å². The highest BCUT2D eigenvalue weighted by molar-refractivity contribution is 9.10. The standard InChI is InChI=1S/C14H10BrFN4O/c1-6-11-12(8-3-2-7(15)4-10(8)16)9(5-17)13(18)21-14(11)20-19-6/h2-4,12H,18H2,1H3,(H,19,20)/t12-/m1/s1. The number of rotatable bonds is 1. The van der Waals surface area contributed by atoms with Crippen LogP contribution in [0.4, 0.5) is 4.39 Å². The third-order valence-electron chi connectivity index (χ3n) is 3.40. The Morgan fingerprint density at radius 1 is 1.52 bits per heavy atom. The van der Waals surface area contributed by atoms with Gasteiger partial charge in [0.15, 0.2) is 0 Å². The van der Waals surface area contributed by atoms with E-state index in [9.17, 15) is 9.65 Å². The second-order valence-electron chi connectivity index (χ2n) is 4.66. The molecular weight excluding hydrogens is 339 g/mol. The first-order valence-electron chi connectivity index (χ1n) is 6.10. The van der Waals surface area contributed by atoms with Crippen molar-refractivity contribution in [2.45, 2.75) is 12.8 Å². The first-order chi connectivity index (χ1) is 10.0. The molecule has 7 heteroatoms. The average Bonchev–Trinajstić information content (AvgIpc) is 2.79. The van der Waals surface area contributed by atoms with E-state index >= 15 is 0 Å². The summed E-state index contributed by atoms with van der Waals surface area (Å²) in [6.07, 6.45) is 0. The number of nitrogens with zero attached hydrogens (tertiary/aromatic N) is 2. The molecule has 21 heavy (non-hydrogen) atoms. The Balaban J connectivity index is 2.27. The van der Waals surface area contributed by atoms with Gasteiger partial charge in [0.25, 0.3) is 0 Å². The van der Waals surface area contributed by atoms with Crippen molar-refractivity contribution in [3.8, 4) is 11.9 Å². The summed E-state index contributed by atoms with van der Waals surface area (Å²) in [6, 6.07) is 6.70. The predicted molar refractivity (Wildman–Crippen MR) is 76.7 cm³/mol. The van der Waals surface area contributed by atoms with Crippen LogP contribution in [0, 0.1) is 24.1 Å². The van der Waals surface area contributed by atoms with E-state index in [1.54, 1.807) is 19.1 Å². The summed E-state index contributed by atoms with van der Waals surface area (Å²) in [6.45, 7) is 1.79. The smallest absolute Gasteiger partial charge is 0.244 e. The van der Waals surface area contributed by atoms with E-state index in [1.165, 1.54) is 6.07 Å². The van der Waals surface area contributed by atoms with Gasteiger partial charge < -0.3 is 10.5 Å². The Morgan fingerprint density at radius 3 is 2.95 bits per heavy atom. The molecule has 1 aromatic heterocycles. The van der Waals surface area contributed by atoms with Gasteiger partial charge in [-0.3, -0.25) is 5.10 Å². The zero-order chi connectivity index (χ0) is 15.1. The van der Waals surface area contributed by atoms with Crippen molar-refractivity contribution < 1.29 is 9.13 Å². The molecule has 1 aliphatic rings. The van der Waals surface area contributed by atoms with Crippen LogP contribution < -0.4 is 10.5 Å². The molecule has 2 heterocycles. The number of nitriles is 1. The lowest BCUT2D eigenvalue weighted by molar-refractivity contribution is 0.378. The van der Waals surface area contributed by atoms with Crippen molar-refractivity contribution in [3.05, 3.63) is 56.8 Å². The zero-order valence-corrected chi connectivity index (χ0v) is 12.5. The number of hydrogen-bond donors (Lipinski definition) is 2. The van der Waals surface area contributed by atoms with Crippen LogP contribution in [0.2, 0.25) is 0 Å². The summed E-state index contributed by atoms with van der Waals surface area (Å²) in [5.41, 5.74) is 7.63. The molecule has 0 radical (unpaired) electrons. The Hall–Kier alpha value is -2.33. The van der Waals surface area contributed by atoms with E-state index in [0.717, 1.165) is 0 Å². The van der Waals surface area contributed by atoms with E-state index < -0.39 is 11.7 Å². The highest BCUT2D eigenvalue weighted by Crippen LogP contribution is 2.43. The molecule has 2 aromatic rings. The number of hydrogen-bond acceptors (Lipinski definition) is 4. The fourth-order valence-corrected chi connectivity index (χ4v) is 2.78. The van der Waals surface area contributed by atoms with E-state index in [1.807, 2.05) is 6.07 Å². The molecule has 106 valence electrons. The van der Waals surface area contributed by atoms with Crippen LogP contribution >= 0.6 is 15.9 Å². The van der Waals surface area contributed by atoms with E-state index in [-0.39, 0.29) is 17.3 Å². The van der Waals surface area contributed by atoms with Gasteiger partial charge >= 0.3 is 0 Å². The van der Waals surface area contributed by atoms with Crippen molar-refractivity contribution >= 4 is 15.9 Å². The number of allylic oxidation sites excluding steroid dienone is 1. The number of aromatic nitrogens is 2. The maximum atomic E-state index is 14.3. The van der Waals surface area contributed by atoms with Crippen molar-refractivity contribution in [1.29, 1.82) is 5.26 Å². The lowest BCUT2D eigenvalue weighted by Crippen LogP contribution is -2.21. The topological polar surface area (TPSA) is 87.7 Å². The molecule has 1 aromatic carbocycles. The minimum atomic E-state index is -0.634. The first kappa shape index (κ1) is 13.6. The van der Waals surface area contributed by atoms with E-state index in [2.05, 4.69) is 26.1 Å². The molecule has 0 bridgehead atoms. The van der Waals surface area contributed by atoms with Gasteiger partial charge in [-0.25, -0.2) is 4.39 Å². The molecule has 0 saturated carbocycles. The molecule has 0 amide bonds. The number of ether oxygens (including phenoxy) is 1. The average molecular weight is 349 g/mol. The second kappa shape index (κ2) is 4.90. The second-order valence-corrected chi connectivity index (χ2v) is 5.57. The summed E-state index contributed by atoms with van der Waals surface area (Å²) in [5.74, 6) is -0.839. The summed E-state index contributed by atoms with van der Waals surface area (Å²) < 4.78 is 20.3. The fourth-order valence-electron chi connectivity index (χ4n) is 2.45. The van der Waals surface area contributed by atoms with Crippen LogP contribution in [-0.2, 0) is 0 Å². The van der Waals surface area contributed by atoms with Crippen molar-refractivity contribution in [3.63, 3.8) is 0 Å². The van der Waals surface area contributed by atoms with Crippen LogP contribution in [0.5, 0.6) is 5.88 Å². The first-order valence-corrected chi connectivity index (χ1v) is 6.89. The molecule has 0 aliphatic carbocycles.